The van der Waals surface area contributed by atoms with Crippen molar-refractivity contribution in [3.63, 3.8) is 0 Å². The van der Waals surface area contributed by atoms with Crippen molar-refractivity contribution in [2.75, 3.05) is 13.2 Å². The average molecular weight is 376 g/mol. The Labute approximate surface area is 168 Å². The Morgan fingerprint density at radius 1 is 1.18 bits per heavy atom. The Bertz CT molecular complexity index is 872. The molecule has 1 N–H and O–H groups in total. The van der Waals surface area contributed by atoms with Gasteiger partial charge in [0.25, 0.3) is 0 Å². The highest BCUT2D eigenvalue weighted by Crippen LogP contribution is 2.54. The van der Waals surface area contributed by atoms with Gasteiger partial charge in [0.05, 0.1) is 23.8 Å². The topological polar surface area (TPSA) is 53.2 Å². The van der Waals surface area contributed by atoms with Crippen molar-refractivity contribution in [2.45, 2.75) is 56.5 Å². The van der Waals surface area contributed by atoms with E-state index in [1.165, 1.54) is 16.7 Å². The summed E-state index contributed by atoms with van der Waals surface area (Å²) in [5, 5.41) is 20.5. The Kier molecular flexibility index (Phi) is 5.27. The van der Waals surface area contributed by atoms with Gasteiger partial charge in [-0.2, -0.15) is 5.26 Å². The van der Waals surface area contributed by atoms with Gasteiger partial charge in [0.2, 0.25) is 0 Å². The maximum absolute atomic E-state index is 11.2. The van der Waals surface area contributed by atoms with Crippen LogP contribution in [0.25, 0.3) is 0 Å². The van der Waals surface area contributed by atoms with Crippen LogP contribution in [0.5, 0.6) is 0 Å². The van der Waals surface area contributed by atoms with E-state index >= 15 is 0 Å². The Hall–Kier alpha value is -2.15. The lowest BCUT2D eigenvalue weighted by atomic mass is 9.52. The van der Waals surface area contributed by atoms with Crippen molar-refractivity contribution in [3.05, 3.63) is 70.8 Å². The Morgan fingerprint density at radius 3 is 2.75 bits per heavy atom. The van der Waals surface area contributed by atoms with Gasteiger partial charge >= 0.3 is 0 Å². The molecular formula is C25H29NO2. The third-order valence-corrected chi connectivity index (χ3v) is 6.91. The molecule has 1 fully saturated rings. The SMILES string of the molecule is CCOC[C@@]1(O)CC[C@@]2(Cc3ccccc3)c3ccc(C#N)cc3CC[C@@H]2C1. The van der Waals surface area contributed by atoms with Gasteiger partial charge in [-0.05, 0) is 80.2 Å². The lowest BCUT2D eigenvalue weighted by Gasteiger charge is -2.53. The summed E-state index contributed by atoms with van der Waals surface area (Å²) in [4.78, 5) is 0. The van der Waals surface area contributed by atoms with Gasteiger partial charge in [-0.1, -0.05) is 36.4 Å². The zero-order chi connectivity index (χ0) is 19.6. The minimum Gasteiger partial charge on any atom is -0.387 e. The second-order valence-corrected chi connectivity index (χ2v) is 8.60. The molecule has 3 atom stereocenters. The van der Waals surface area contributed by atoms with Crippen molar-refractivity contribution in [2.24, 2.45) is 5.92 Å². The molecular weight excluding hydrogens is 346 g/mol. The van der Waals surface area contributed by atoms with Gasteiger partial charge in [-0.15, -0.1) is 0 Å². The molecule has 0 saturated heterocycles. The normalized spacial score (nSPS) is 28.8. The fourth-order valence-corrected chi connectivity index (χ4v) is 5.55. The lowest BCUT2D eigenvalue weighted by Crippen LogP contribution is -2.52. The molecule has 2 aliphatic carbocycles. The van der Waals surface area contributed by atoms with Crippen molar-refractivity contribution >= 4 is 0 Å². The summed E-state index contributed by atoms with van der Waals surface area (Å²) in [6, 6.07) is 19.2. The van der Waals surface area contributed by atoms with E-state index in [4.69, 9.17) is 4.74 Å². The van der Waals surface area contributed by atoms with Gasteiger partial charge in [-0.25, -0.2) is 0 Å². The molecule has 0 radical (unpaired) electrons. The summed E-state index contributed by atoms with van der Waals surface area (Å²) < 4.78 is 5.62. The van der Waals surface area contributed by atoms with Crippen molar-refractivity contribution in [1.29, 1.82) is 5.26 Å². The first kappa shape index (κ1) is 19.2. The zero-order valence-electron chi connectivity index (χ0n) is 16.7. The molecule has 146 valence electrons. The fraction of sp³-hybridized carbons (Fsp3) is 0.480. The predicted molar refractivity (Wildman–Crippen MR) is 110 cm³/mol. The van der Waals surface area contributed by atoms with Gasteiger partial charge in [0, 0.05) is 12.0 Å². The van der Waals surface area contributed by atoms with E-state index in [2.05, 4.69) is 48.5 Å². The standard InChI is InChI=1S/C25H29NO2/c1-2-28-18-24(27)12-13-25(15-19-6-4-3-5-7-19)22(16-24)10-9-21-14-20(17-26)8-11-23(21)25/h3-8,11,14,22,27H,2,9-10,12-13,15-16,18H2,1H3/t22-,24-,25+/m1/s1. The highest BCUT2D eigenvalue weighted by molar-refractivity contribution is 5.46. The molecule has 2 aliphatic rings. The monoisotopic (exact) mass is 375 g/mol. The van der Waals surface area contributed by atoms with Gasteiger partial charge in [0.15, 0.2) is 0 Å². The molecule has 2 aromatic rings. The number of benzene rings is 2. The molecule has 3 heteroatoms. The smallest absolute Gasteiger partial charge is 0.0991 e. The Balaban J connectivity index is 1.73. The number of fused-ring (bicyclic) bond motifs is 3. The van der Waals surface area contributed by atoms with E-state index in [0.717, 1.165) is 44.1 Å². The first-order valence-corrected chi connectivity index (χ1v) is 10.5. The van der Waals surface area contributed by atoms with Crippen LogP contribution in [0.1, 0.15) is 54.9 Å². The minimum atomic E-state index is -0.717. The molecule has 0 unspecified atom stereocenters. The lowest BCUT2D eigenvalue weighted by molar-refractivity contribution is -0.0990. The van der Waals surface area contributed by atoms with E-state index < -0.39 is 5.60 Å². The largest absolute Gasteiger partial charge is 0.387 e. The maximum atomic E-state index is 11.2. The van der Waals surface area contributed by atoms with Crippen LogP contribution in [-0.2, 0) is 23.0 Å². The van der Waals surface area contributed by atoms with E-state index in [1.807, 2.05) is 13.0 Å². The van der Waals surface area contributed by atoms with E-state index in [9.17, 15) is 10.4 Å². The van der Waals surface area contributed by atoms with Crippen LogP contribution in [0.4, 0.5) is 0 Å². The third kappa shape index (κ3) is 3.48. The van der Waals surface area contributed by atoms with Crippen LogP contribution in [0, 0.1) is 17.2 Å². The van der Waals surface area contributed by atoms with Crippen molar-refractivity contribution in [3.8, 4) is 6.07 Å². The third-order valence-electron chi connectivity index (χ3n) is 6.91. The number of rotatable bonds is 5. The molecule has 0 amide bonds. The first-order valence-electron chi connectivity index (χ1n) is 10.5. The summed E-state index contributed by atoms with van der Waals surface area (Å²) in [7, 11) is 0. The quantitative estimate of drug-likeness (QED) is 0.834. The van der Waals surface area contributed by atoms with Gasteiger partial charge in [0.1, 0.15) is 0 Å². The maximum Gasteiger partial charge on any atom is 0.0991 e. The number of hydrogen-bond acceptors (Lipinski definition) is 3. The number of aliphatic hydroxyl groups is 1. The predicted octanol–water partition coefficient (Wildman–Crippen LogP) is 4.55. The highest BCUT2D eigenvalue weighted by atomic mass is 16.5. The van der Waals surface area contributed by atoms with Gasteiger partial charge < -0.3 is 9.84 Å². The van der Waals surface area contributed by atoms with Gasteiger partial charge in [-0.3, -0.25) is 0 Å². The molecule has 3 nitrogen and oxygen atoms in total. The molecule has 0 heterocycles. The van der Waals surface area contributed by atoms with Crippen LogP contribution < -0.4 is 0 Å². The van der Waals surface area contributed by atoms with Crippen LogP contribution in [0.2, 0.25) is 0 Å². The fourth-order valence-electron chi connectivity index (χ4n) is 5.55. The minimum absolute atomic E-state index is 0.0291. The summed E-state index contributed by atoms with van der Waals surface area (Å²) in [5.41, 5.74) is 4.12. The molecule has 0 spiro atoms. The number of hydrogen-bond donors (Lipinski definition) is 1. The summed E-state index contributed by atoms with van der Waals surface area (Å²) in [6.45, 7) is 3.05. The summed E-state index contributed by atoms with van der Waals surface area (Å²) >= 11 is 0. The molecule has 4 rings (SSSR count). The van der Waals surface area contributed by atoms with E-state index in [-0.39, 0.29) is 5.41 Å². The molecule has 2 aromatic carbocycles. The summed E-state index contributed by atoms with van der Waals surface area (Å²) in [5.74, 6) is 0.423. The molecule has 0 bridgehead atoms. The number of aryl methyl sites for hydroxylation is 1. The van der Waals surface area contributed by atoms with Crippen molar-refractivity contribution in [1.82, 2.24) is 0 Å². The van der Waals surface area contributed by atoms with Crippen molar-refractivity contribution < 1.29 is 9.84 Å². The second kappa shape index (κ2) is 7.70. The molecule has 1 saturated carbocycles. The summed E-state index contributed by atoms with van der Waals surface area (Å²) in [6.07, 6.45) is 5.53. The first-order chi connectivity index (χ1) is 13.6. The van der Waals surface area contributed by atoms with Crippen LogP contribution >= 0.6 is 0 Å². The molecule has 28 heavy (non-hydrogen) atoms. The average Bonchev–Trinajstić information content (AvgIpc) is 2.73. The number of nitriles is 1. The van der Waals surface area contributed by atoms with E-state index in [1.54, 1.807) is 0 Å². The second-order valence-electron chi connectivity index (χ2n) is 8.60. The highest BCUT2D eigenvalue weighted by Gasteiger charge is 2.51. The number of ether oxygens (including phenoxy) is 1. The zero-order valence-corrected chi connectivity index (χ0v) is 16.7. The van der Waals surface area contributed by atoms with Crippen LogP contribution in [0.15, 0.2) is 48.5 Å². The molecule has 0 aromatic heterocycles. The molecule has 0 aliphatic heterocycles. The van der Waals surface area contributed by atoms with Crippen LogP contribution in [-0.4, -0.2) is 23.9 Å². The number of nitrogens with zero attached hydrogens (tertiary/aromatic N) is 1. The van der Waals surface area contributed by atoms with Crippen LogP contribution in [0.3, 0.4) is 0 Å². The van der Waals surface area contributed by atoms with E-state index in [0.29, 0.717) is 19.1 Å². The Morgan fingerprint density at radius 2 is 2.00 bits per heavy atom.